The fourth-order valence-electron chi connectivity index (χ4n) is 4.63. The highest BCUT2D eigenvalue weighted by molar-refractivity contribution is 6.34. The Morgan fingerprint density at radius 2 is 2.33 bits per heavy atom. The van der Waals surface area contributed by atoms with E-state index in [1.807, 2.05) is 22.7 Å². The third-order valence-corrected chi connectivity index (χ3v) is 6.31. The first-order chi connectivity index (χ1) is 13.0. The average Bonchev–Trinajstić information content (AvgIpc) is 3.27. The number of aromatic nitrogens is 1. The maximum absolute atomic E-state index is 13.0. The lowest BCUT2D eigenvalue weighted by molar-refractivity contribution is -0.0109. The molecular weight excluding hydrogens is 364 g/mol. The maximum atomic E-state index is 13.0. The molecule has 3 heterocycles. The van der Waals surface area contributed by atoms with Crippen molar-refractivity contribution in [3.05, 3.63) is 40.7 Å². The van der Waals surface area contributed by atoms with Gasteiger partial charge in [-0.25, -0.2) is 0 Å². The average molecular weight is 391 g/mol. The quantitative estimate of drug-likeness (QED) is 0.835. The number of pyridine rings is 1. The topological polar surface area (TPSA) is 63.0 Å². The van der Waals surface area contributed by atoms with Crippen molar-refractivity contribution < 1.29 is 14.6 Å². The largest absolute Gasteiger partial charge is 0.388 e. The van der Waals surface area contributed by atoms with Crippen LogP contribution in [0.3, 0.4) is 0 Å². The highest BCUT2D eigenvalue weighted by Crippen LogP contribution is 2.34. The molecular formula is C21H27ClN2O3. The number of nitrogens with one attached hydrogen (secondary N) is 1. The smallest absolute Gasteiger partial charge is 0.253 e. The van der Waals surface area contributed by atoms with Crippen molar-refractivity contribution in [2.24, 2.45) is 5.92 Å². The SMILES string of the molecule is C[C@@H]1CCC[C@](O)(CNC(=O)c2cc(C3CCOC3)n3cccc(Cl)c23)C1. The summed E-state index contributed by atoms with van der Waals surface area (Å²) in [7, 11) is 0. The molecule has 1 unspecified atom stereocenters. The zero-order valence-electron chi connectivity index (χ0n) is 15.7. The van der Waals surface area contributed by atoms with Gasteiger partial charge >= 0.3 is 0 Å². The summed E-state index contributed by atoms with van der Waals surface area (Å²) in [4.78, 5) is 13.0. The van der Waals surface area contributed by atoms with Gasteiger partial charge in [-0.1, -0.05) is 31.4 Å². The molecule has 0 aromatic carbocycles. The van der Waals surface area contributed by atoms with Crippen molar-refractivity contribution in [3.8, 4) is 0 Å². The van der Waals surface area contributed by atoms with E-state index < -0.39 is 5.60 Å². The predicted molar refractivity (Wildman–Crippen MR) is 105 cm³/mol. The van der Waals surface area contributed by atoms with Gasteiger partial charge in [0, 0.05) is 31.0 Å². The van der Waals surface area contributed by atoms with E-state index >= 15 is 0 Å². The minimum absolute atomic E-state index is 0.183. The number of carbonyl (C=O) groups excluding carboxylic acids is 1. The van der Waals surface area contributed by atoms with Crippen molar-refractivity contribution >= 4 is 23.0 Å². The number of carbonyl (C=O) groups is 1. The fraction of sp³-hybridized carbons (Fsp3) is 0.571. The molecule has 1 saturated carbocycles. The molecule has 1 aliphatic carbocycles. The molecule has 1 amide bonds. The van der Waals surface area contributed by atoms with Gasteiger partial charge in [0.25, 0.3) is 5.91 Å². The summed E-state index contributed by atoms with van der Waals surface area (Å²) in [5.41, 5.74) is 1.53. The van der Waals surface area contributed by atoms with Crippen molar-refractivity contribution in [1.82, 2.24) is 9.72 Å². The minimum Gasteiger partial charge on any atom is -0.388 e. The normalized spacial score (nSPS) is 28.6. The Balaban J connectivity index is 1.60. The summed E-state index contributed by atoms with van der Waals surface area (Å²) >= 11 is 6.44. The lowest BCUT2D eigenvalue weighted by Crippen LogP contribution is -2.45. The Hall–Kier alpha value is -1.56. The summed E-state index contributed by atoms with van der Waals surface area (Å²) in [6, 6.07) is 5.63. The van der Waals surface area contributed by atoms with Gasteiger partial charge in [0.15, 0.2) is 0 Å². The molecule has 1 aliphatic heterocycles. The van der Waals surface area contributed by atoms with Gasteiger partial charge in [-0.2, -0.15) is 0 Å². The van der Waals surface area contributed by atoms with E-state index in [2.05, 4.69) is 12.2 Å². The molecule has 0 spiro atoms. The van der Waals surface area contributed by atoms with E-state index in [0.717, 1.165) is 49.9 Å². The number of amides is 1. The van der Waals surface area contributed by atoms with Crippen LogP contribution in [0.2, 0.25) is 5.02 Å². The van der Waals surface area contributed by atoms with Gasteiger partial charge in [0.2, 0.25) is 0 Å². The summed E-state index contributed by atoms with van der Waals surface area (Å²) in [5.74, 6) is 0.567. The summed E-state index contributed by atoms with van der Waals surface area (Å²) in [6.45, 7) is 3.84. The molecule has 2 fully saturated rings. The van der Waals surface area contributed by atoms with Crippen molar-refractivity contribution in [2.45, 2.75) is 50.5 Å². The second-order valence-electron chi connectivity index (χ2n) is 8.23. The van der Waals surface area contributed by atoms with E-state index in [1.165, 1.54) is 0 Å². The molecule has 5 nitrogen and oxygen atoms in total. The van der Waals surface area contributed by atoms with Gasteiger partial charge in [-0.05, 0) is 43.4 Å². The van der Waals surface area contributed by atoms with Gasteiger partial charge in [-0.15, -0.1) is 0 Å². The van der Waals surface area contributed by atoms with Crippen LogP contribution < -0.4 is 5.32 Å². The molecule has 0 radical (unpaired) electrons. The Labute approximate surface area is 164 Å². The molecule has 27 heavy (non-hydrogen) atoms. The molecule has 2 aliphatic rings. The molecule has 0 bridgehead atoms. The number of nitrogens with zero attached hydrogens (tertiary/aromatic N) is 1. The first kappa shape index (κ1) is 18.8. The maximum Gasteiger partial charge on any atom is 0.253 e. The first-order valence-electron chi connectivity index (χ1n) is 9.85. The van der Waals surface area contributed by atoms with E-state index in [-0.39, 0.29) is 18.4 Å². The predicted octanol–water partition coefficient (Wildman–Crippen LogP) is 3.77. The summed E-state index contributed by atoms with van der Waals surface area (Å²) < 4.78 is 7.54. The van der Waals surface area contributed by atoms with Crippen LogP contribution >= 0.6 is 11.6 Å². The van der Waals surface area contributed by atoms with Crippen LogP contribution in [-0.2, 0) is 4.74 Å². The van der Waals surface area contributed by atoms with Crippen LogP contribution in [0.4, 0.5) is 0 Å². The fourth-order valence-corrected chi connectivity index (χ4v) is 4.90. The molecule has 2 N–H and O–H groups in total. The number of ether oxygens (including phenoxy) is 1. The minimum atomic E-state index is -0.811. The monoisotopic (exact) mass is 390 g/mol. The third-order valence-electron chi connectivity index (χ3n) is 6.01. The number of halogens is 1. The Kier molecular flexibility index (Phi) is 5.19. The van der Waals surface area contributed by atoms with Gasteiger partial charge in [0.1, 0.15) is 0 Å². The van der Waals surface area contributed by atoms with Crippen molar-refractivity contribution in [2.75, 3.05) is 19.8 Å². The highest BCUT2D eigenvalue weighted by atomic mass is 35.5. The van der Waals surface area contributed by atoms with Crippen molar-refractivity contribution in [3.63, 3.8) is 0 Å². The van der Waals surface area contributed by atoms with Gasteiger partial charge in [-0.3, -0.25) is 4.79 Å². The number of fused-ring (bicyclic) bond motifs is 1. The van der Waals surface area contributed by atoms with Crippen LogP contribution in [0.15, 0.2) is 24.4 Å². The standard InChI is InChI=1S/C21H27ClN2O3/c1-14-4-2-7-21(26,11-14)13-23-20(25)16-10-18(15-6-9-27-12-15)24-8-3-5-17(22)19(16)24/h3,5,8,10,14-15,26H,2,4,6-7,9,11-13H2,1H3,(H,23,25)/t14-,15?,21-/m1/s1. The molecule has 3 atom stereocenters. The number of hydrogen-bond acceptors (Lipinski definition) is 3. The zero-order chi connectivity index (χ0) is 19.0. The van der Waals surface area contributed by atoms with Crippen LogP contribution in [0, 0.1) is 5.92 Å². The molecule has 6 heteroatoms. The molecule has 146 valence electrons. The number of hydrogen-bond donors (Lipinski definition) is 2. The summed E-state index contributed by atoms with van der Waals surface area (Å²) in [6.07, 6.45) is 6.50. The highest BCUT2D eigenvalue weighted by Gasteiger charge is 2.33. The molecule has 2 aromatic heterocycles. The van der Waals surface area contributed by atoms with Crippen LogP contribution in [0.25, 0.3) is 5.52 Å². The lowest BCUT2D eigenvalue weighted by Gasteiger charge is -2.35. The summed E-state index contributed by atoms with van der Waals surface area (Å²) in [5, 5.41) is 14.3. The Morgan fingerprint density at radius 3 is 3.07 bits per heavy atom. The third kappa shape index (κ3) is 3.73. The molecule has 2 aromatic rings. The number of aliphatic hydroxyl groups is 1. The van der Waals surface area contributed by atoms with E-state index in [0.29, 0.717) is 23.1 Å². The van der Waals surface area contributed by atoms with Crippen LogP contribution in [-0.4, -0.2) is 40.8 Å². The second-order valence-corrected chi connectivity index (χ2v) is 8.63. The Morgan fingerprint density at radius 1 is 1.48 bits per heavy atom. The molecule has 1 saturated heterocycles. The van der Waals surface area contributed by atoms with Gasteiger partial charge < -0.3 is 19.6 Å². The van der Waals surface area contributed by atoms with E-state index in [9.17, 15) is 9.90 Å². The van der Waals surface area contributed by atoms with E-state index in [4.69, 9.17) is 16.3 Å². The van der Waals surface area contributed by atoms with E-state index in [1.54, 1.807) is 6.07 Å². The second kappa shape index (κ2) is 7.46. The number of rotatable bonds is 4. The Bertz CT molecular complexity index is 843. The first-order valence-corrected chi connectivity index (χ1v) is 10.2. The van der Waals surface area contributed by atoms with Crippen LogP contribution in [0.1, 0.15) is 61.0 Å². The van der Waals surface area contributed by atoms with Gasteiger partial charge in [0.05, 0.1) is 28.3 Å². The zero-order valence-corrected chi connectivity index (χ0v) is 16.5. The lowest BCUT2D eigenvalue weighted by atomic mass is 9.79. The van der Waals surface area contributed by atoms with Crippen molar-refractivity contribution in [1.29, 1.82) is 0 Å². The van der Waals surface area contributed by atoms with Crippen LogP contribution in [0.5, 0.6) is 0 Å². The molecule has 4 rings (SSSR count).